The van der Waals surface area contributed by atoms with Crippen molar-refractivity contribution in [3.63, 3.8) is 0 Å². The molecule has 9 heavy (non-hydrogen) atoms. The van der Waals surface area contributed by atoms with Crippen LogP contribution in [0.3, 0.4) is 0 Å². The van der Waals surface area contributed by atoms with Crippen molar-refractivity contribution >= 4 is 0 Å². The fourth-order valence-electron chi connectivity index (χ4n) is 2.13. The molecule has 0 saturated heterocycles. The zero-order valence-corrected chi connectivity index (χ0v) is 5.90. The molecule has 0 radical (unpaired) electrons. The van der Waals surface area contributed by atoms with E-state index in [0.29, 0.717) is 6.04 Å². The van der Waals surface area contributed by atoms with Crippen LogP contribution in [0.4, 0.5) is 0 Å². The highest BCUT2D eigenvalue weighted by Crippen LogP contribution is 2.55. The Morgan fingerprint density at radius 3 is 2.44 bits per heavy atom. The second-order valence-electron chi connectivity index (χ2n) is 3.86. The zero-order valence-electron chi connectivity index (χ0n) is 5.90. The molecule has 52 valence electrons. The Kier molecular flexibility index (Phi) is 1.10. The Hall–Kier alpha value is -0.0400. The second-order valence-corrected chi connectivity index (χ2v) is 3.86. The first-order valence-corrected chi connectivity index (χ1v) is 4.06. The highest BCUT2D eigenvalue weighted by Gasteiger charge is 2.44. The molecule has 0 aromatic carbocycles. The lowest BCUT2D eigenvalue weighted by atomic mass is 9.84. The van der Waals surface area contributed by atoms with Gasteiger partial charge in [-0.25, -0.2) is 0 Å². The lowest BCUT2D eigenvalue weighted by Crippen LogP contribution is -2.28. The van der Waals surface area contributed by atoms with Crippen LogP contribution in [0, 0.1) is 5.41 Å². The van der Waals surface area contributed by atoms with Gasteiger partial charge in [-0.1, -0.05) is 6.42 Å². The zero-order chi connectivity index (χ0) is 6.32. The molecule has 1 nitrogen and oxygen atoms in total. The molecule has 2 rings (SSSR count). The van der Waals surface area contributed by atoms with Gasteiger partial charge in [-0.3, -0.25) is 0 Å². The maximum Gasteiger partial charge on any atom is 0.00441 e. The maximum absolute atomic E-state index is 5.85. The summed E-state index contributed by atoms with van der Waals surface area (Å²) in [6, 6.07) is 0.543. The molecule has 1 atom stereocenters. The van der Waals surface area contributed by atoms with Gasteiger partial charge in [-0.05, 0) is 37.5 Å². The summed E-state index contributed by atoms with van der Waals surface area (Å²) in [5.41, 5.74) is 6.63. The molecule has 2 aliphatic carbocycles. The van der Waals surface area contributed by atoms with E-state index in [1.807, 2.05) is 0 Å². The minimum absolute atomic E-state index is 0.543. The smallest absolute Gasteiger partial charge is 0.00441 e. The molecule has 0 heterocycles. The summed E-state index contributed by atoms with van der Waals surface area (Å²) in [7, 11) is 0. The van der Waals surface area contributed by atoms with Gasteiger partial charge in [-0.2, -0.15) is 0 Å². The van der Waals surface area contributed by atoms with Crippen LogP contribution in [-0.4, -0.2) is 6.04 Å². The van der Waals surface area contributed by atoms with Crippen LogP contribution in [-0.2, 0) is 0 Å². The van der Waals surface area contributed by atoms with Crippen molar-refractivity contribution in [1.82, 2.24) is 0 Å². The molecule has 2 N–H and O–H groups in total. The van der Waals surface area contributed by atoms with Gasteiger partial charge in [0.15, 0.2) is 0 Å². The average molecular weight is 125 g/mol. The van der Waals surface area contributed by atoms with Crippen LogP contribution in [0.5, 0.6) is 0 Å². The molecule has 0 unspecified atom stereocenters. The third kappa shape index (κ3) is 0.983. The molecule has 1 heteroatoms. The quantitative estimate of drug-likeness (QED) is 0.523. The van der Waals surface area contributed by atoms with Gasteiger partial charge < -0.3 is 5.73 Å². The van der Waals surface area contributed by atoms with Crippen LogP contribution >= 0.6 is 0 Å². The monoisotopic (exact) mass is 125 g/mol. The Morgan fingerprint density at radius 1 is 1.22 bits per heavy atom. The number of rotatable bonds is 0. The molecule has 2 saturated carbocycles. The highest BCUT2D eigenvalue weighted by atomic mass is 14.7. The van der Waals surface area contributed by atoms with Crippen molar-refractivity contribution in [3.8, 4) is 0 Å². The first-order chi connectivity index (χ1) is 4.31. The van der Waals surface area contributed by atoms with E-state index < -0.39 is 0 Å². The molecule has 1 spiro atoms. The molecule has 0 aromatic rings. The van der Waals surface area contributed by atoms with Crippen LogP contribution in [0.2, 0.25) is 0 Å². The van der Waals surface area contributed by atoms with Crippen molar-refractivity contribution in [2.75, 3.05) is 0 Å². The van der Waals surface area contributed by atoms with Gasteiger partial charge in [0, 0.05) is 6.04 Å². The largest absolute Gasteiger partial charge is 0.328 e. The van der Waals surface area contributed by atoms with E-state index >= 15 is 0 Å². The summed E-state index contributed by atoms with van der Waals surface area (Å²) in [5.74, 6) is 0. The third-order valence-electron chi connectivity index (χ3n) is 2.93. The molecular formula is C8H15N. The van der Waals surface area contributed by atoms with Gasteiger partial charge >= 0.3 is 0 Å². The van der Waals surface area contributed by atoms with E-state index in [9.17, 15) is 0 Å². The Labute approximate surface area is 56.6 Å². The predicted molar refractivity (Wildman–Crippen MR) is 38.1 cm³/mol. The second kappa shape index (κ2) is 1.72. The predicted octanol–water partition coefficient (Wildman–Crippen LogP) is 1.67. The van der Waals surface area contributed by atoms with Crippen molar-refractivity contribution in [2.45, 2.75) is 44.6 Å². The Balaban J connectivity index is 1.96. The molecular weight excluding hydrogens is 110 g/mol. The summed E-state index contributed by atoms with van der Waals surface area (Å²) < 4.78 is 0. The first kappa shape index (κ1) is 5.72. The van der Waals surface area contributed by atoms with Gasteiger partial charge in [0.05, 0.1) is 0 Å². The lowest BCUT2D eigenvalue weighted by molar-refractivity contribution is 0.302. The van der Waals surface area contributed by atoms with Gasteiger partial charge in [0.2, 0.25) is 0 Å². The molecule has 0 amide bonds. The molecule has 2 aliphatic rings. The van der Waals surface area contributed by atoms with E-state index in [1.165, 1.54) is 38.5 Å². The van der Waals surface area contributed by atoms with Crippen molar-refractivity contribution in [3.05, 3.63) is 0 Å². The SMILES string of the molecule is N[C@H]1CCCC2(CC2)C1. The summed E-state index contributed by atoms with van der Waals surface area (Å²) in [4.78, 5) is 0. The summed E-state index contributed by atoms with van der Waals surface area (Å²) in [6.07, 6.45) is 8.41. The standard InChI is InChI=1S/C8H15N/c9-7-2-1-3-8(6-7)4-5-8/h7H,1-6,9H2/t7-/m0/s1. The van der Waals surface area contributed by atoms with Gasteiger partial charge in [0.25, 0.3) is 0 Å². The fraction of sp³-hybridized carbons (Fsp3) is 1.00. The van der Waals surface area contributed by atoms with E-state index in [-0.39, 0.29) is 0 Å². The van der Waals surface area contributed by atoms with Crippen LogP contribution < -0.4 is 5.73 Å². The molecule has 2 fully saturated rings. The fourth-order valence-corrected chi connectivity index (χ4v) is 2.13. The van der Waals surface area contributed by atoms with Gasteiger partial charge in [-0.15, -0.1) is 0 Å². The Morgan fingerprint density at radius 2 is 2.00 bits per heavy atom. The number of hydrogen-bond acceptors (Lipinski definition) is 1. The summed E-state index contributed by atoms with van der Waals surface area (Å²) >= 11 is 0. The first-order valence-electron chi connectivity index (χ1n) is 4.06. The van der Waals surface area contributed by atoms with Gasteiger partial charge in [0.1, 0.15) is 0 Å². The van der Waals surface area contributed by atoms with E-state index in [1.54, 1.807) is 0 Å². The minimum Gasteiger partial charge on any atom is -0.328 e. The topological polar surface area (TPSA) is 26.0 Å². The summed E-state index contributed by atoms with van der Waals surface area (Å²) in [5, 5.41) is 0. The van der Waals surface area contributed by atoms with Crippen LogP contribution in [0.25, 0.3) is 0 Å². The van der Waals surface area contributed by atoms with Crippen molar-refractivity contribution < 1.29 is 0 Å². The van der Waals surface area contributed by atoms with Crippen LogP contribution in [0.15, 0.2) is 0 Å². The van der Waals surface area contributed by atoms with E-state index in [4.69, 9.17) is 5.73 Å². The highest BCUT2D eigenvalue weighted by molar-refractivity contribution is 4.97. The molecule has 0 aliphatic heterocycles. The summed E-state index contributed by atoms with van der Waals surface area (Å²) in [6.45, 7) is 0. The third-order valence-corrected chi connectivity index (χ3v) is 2.93. The van der Waals surface area contributed by atoms with E-state index in [2.05, 4.69) is 0 Å². The Bertz CT molecular complexity index is 116. The van der Waals surface area contributed by atoms with E-state index in [0.717, 1.165) is 5.41 Å². The number of hydrogen-bond donors (Lipinski definition) is 1. The minimum atomic E-state index is 0.543. The molecule has 0 aromatic heterocycles. The number of nitrogens with two attached hydrogens (primary N) is 1. The van der Waals surface area contributed by atoms with Crippen molar-refractivity contribution in [2.24, 2.45) is 11.1 Å². The van der Waals surface area contributed by atoms with Crippen LogP contribution in [0.1, 0.15) is 38.5 Å². The normalized spacial score (nSPS) is 39.0. The maximum atomic E-state index is 5.85. The molecule has 0 bridgehead atoms. The van der Waals surface area contributed by atoms with Crippen molar-refractivity contribution in [1.29, 1.82) is 0 Å². The lowest BCUT2D eigenvalue weighted by Gasteiger charge is -2.25. The average Bonchev–Trinajstić information content (AvgIpc) is 2.49.